The molecule has 3 aromatic rings. The van der Waals surface area contributed by atoms with Crippen LogP contribution in [-0.2, 0) is 9.47 Å². The number of aromatic nitrogens is 2. The zero-order valence-electron chi connectivity index (χ0n) is 17.7. The van der Waals surface area contributed by atoms with Gasteiger partial charge in [0.1, 0.15) is 18.3 Å². The summed E-state index contributed by atoms with van der Waals surface area (Å²) in [7, 11) is 0. The molecule has 32 heavy (non-hydrogen) atoms. The van der Waals surface area contributed by atoms with E-state index in [1.54, 1.807) is 0 Å². The maximum Gasteiger partial charge on any atom is 0.193 e. The number of ether oxygens (including phenoxy) is 3. The predicted molar refractivity (Wildman–Crippen MR) is 123 cm³/mol. The Labute approximate surface area is 191 Å². The number of rotatable bonds is 4. The lowest BCUT2D eigenvalue weighted by molar-refractivity contribution is 0.00794. The number of nitrogens with zero attached hydrogens (tertiary/aromatic N) is 2. The van der Waals surface area contributed by atoms with Crippen molar-refractivity contribution in [3.8, 4) is 17.1 Å². The Morgan fingerprint density at radius 3 is 2.62 bits per heavy atom. The monoisotopic (exact) mass is 455 g/mol. The van der Waals surface area contributed by atoms with Crippen molar-refractivity contribution in [2.75, 3.05) is 31.2 Å². The third kappa shape index (κ3) is 3.63. The first kappa shape index (κ1) is 20.3. The number of nitrogens with one attached hydrogen (secondary N) is 1. The number of H-pyrrole nitrogens is 1. The molecule has 0 bridgehead atoms. The van der Waals surface area contributed by atoms with Crippen LogP contribution < -0.4 is 9.64 Å². The Bertz CT molecular complexity index is 1110. The lowest BCUT2D eigenvalue weighted by Crippen LogP contribution is -2.34. The van der Waals surface area contributed by atoms with Crippen LogP contribution in [0.2, 0.25) is 5.02 Å². The number of hydrogen-bond donors (Lipinski definition) is 2. The molecule has 0 spiro atoms. The average molecular weight is 456 g/mol. The predicted octanol–water partition coefficient (Wildman–Crippen LogP) is 3.78. The van der Waals surface area contributed by atoms with Gasteiger partial charge in [0.05, 0.1) is 35.0 Å². The number of aliphatic hydroxyl groups excluding tert-OH is 1. The summed E-state index contributed by atoms with van der Waals surface area (Å²) in [5.74, 6) is 0.584. The number of aliphatic hydroxyl groups is 1. The van der Waals surface area contributed by atoms with Crippen LogP contribution in [0.25, 0.3) is 22.3 Å². The highest BCUT2D eigenvalue weighted by atomic mass is 35.5. The number of fused-ring (bicyclic) bond motifs is 2. The second-order valence-electron chi connectivity index (χ2n) is 8.80. The molecule has 0 amide bonds. The van der Waals surface area contributed by atoms with Crippen LogP contribution >= 0.6 is 11.6 Å². The first-order chi connectivity index (χ1) is 15.7. The van der Waals surface area contributed by atoms with Crippen molar-refractivity contribution in [1.29, 1.82) is 0 Å². The summed E-state index contributed by atoms with van der Waals surface area (Å²) >= 11 is 6.59. The fourth-order valence-corrected chi connectivity index (χ4v) is 5.22. The van der Waals surface area contributed by atoms with Crippen LogP contribution in [0.15, 0.2) is 36.4 Å². The maximum atomic E-state index is 9.92. The molecule has 3 aliphatic rings. The summed E-state index contributed by atoms with van der Waals surface area (Å²) in [6.45, 7) is 2.89. The molecular formula is C24H26ClN3O4. The Morgan fingerprint density at radius 1 is 1.03 bits per heavy atom. The minimum atomic E-state index is -0.597. The van der Waals surface area contributed by atoms with Gasteiger partial charge in [0.15, 0.2) is 12.0 Å². The first-order valence-electron chi connectivity index (χ1n) is 11.3. The van der Waals surface area contributed by atoms with Crippen LogP contribution in [-0.4, -0.2) is 65.8 Å². The van der Waals surface area contributed by atoms with Crippen LogP contribution in [0.1, 0.15) is 19.3 Å². The fraction of sp³-hybridized carbons (Fsp3) is 0.458. The van der Waals surface area contributed by atoms with Crippen molar-refractivity contribution in [2.45, 2.75) is 43.7 Å². The molecule has 3 fully saturated rings. The van der Waals surface area contributed by atoms with Crippen molar-refractivity contribution in [2.24, 2.45) is 0 Å². The lowest BCUT2D eigenvalue weighted by Gasteiger charge is -2.28. The van der Waals surface area contributed by atoms with Crippen LogP contribution in [0.5, 0.6) is 5.88 Å². The van der Waals surface area contributed by atoms with Gasteiger partial charge in [-0.25, -0.2) is 4.98 Å². The van der Waals surface area contributed by atoms with E-state index in [0.717, 1.165) is 35.4 Å². The number of halogens is 1. The molecule has 8 heteroatoms. The third-order valence-corrected chi connectivity index (χ3v) is 6.94. The molecule has 0 aliphatic carbocycles. The lowest BCUT2D eigenvalue weighted by atomic mass is 10.1. The summed E-state index contributed by atoms with van der Waals surface area (Å²) in [4.78, 5) is 10.5. The standard InChI is InChI=1S/C24H26ClN3O4/c25-16-10-17-18(11-21(26-17)32-20-13-31-23-19(29)12-30-24(20)23)27-22(16)14-4-6-15(7-5-14)28-8-2-1-3-9-28/h4-7,10-11,19-20,23-24,26,29H,1-3,8-9,12-13H2/t19-,20-,23?,24-/m1/s1. The topological polar surface area (TPSA) is 79.8 Å². The van der Waals surface area contributed by atoms with E-state index in [-0.39, 0.29) is 24.9 Å². The summed E-state index contributed by atoms with van der Waals surface area (Å²) in [5.41, 5.74) is 4.58. The van der Waals surface area contributed by atoms with Gasteiger partial charge in [0, 0.05) is 30.4 Å². The van der Waals surface area contributed by atoms with E-state index in [0.29, 0.717) is 17.5 Å². The van der Waals surface area contributed by atoms with E-state index in [1.807, 2.05) is 12.1 Å². The molecule has 6 rings (SSSR count). The number of benzene rings is 1. The third-order valence-electron chi connectivity index (χ3n) is 6.65. The van der Waals surface area contributed by atoms with Crippen molar-refractivity contribution >= 4 is 28.3 Å². The van der Waals surface area contributed by atoms with Crippen LogP contribution in [0.3, 0.4) is 0 Å². The van der Waals surface area contributed by atoms with E-state index in [9.17, 15) is 5.11 Å². The van der Waals surface area contributed by atoms with Gasteiger partial charge < -0.3 is 29.2 Å². The maximum absolute atomic E-state index is 9.92. The van der Waals surface area contributed by atoms with E-state index in [2.05, 4.69) is 34.1 Å². The summed E-state index contributed by atoms with van der Waals surface area (Å²) in [6, 6.07) is 12.2. The molecule has 1 aromatic carbocycles. The second-order valence-corrected chi connectivity index (χ2v) is 9.21. The Kier molecular flexibility index (Phi) is 5.22. The number of aromatic amines is 1. The van der Waals surface area contributed by atoms with Gasteiger partial charge in [-0.1, -0.05) is 23.7 Å². The normalized spacial score (nSPS) is 27.8. The molecule has 0 saturated carbocycles. The Balaban J connectivity index is 1.23. The number of pyridine rings is 1. The second kappa shape index (κ2) is 8.23. The van der Waals surface area contributed by atoms with Crippen molar-refractivity contribution in [3.63, 3.8) is 0 Å². The number of anilines is 1. The van der Waals surface area contributed by atoms with Gasteiger partial charge in [-0.15, -0.1) is 0 Å². The molecule has 0 radical (unpaired) electrons. The van der Waals surface area contributed by atoms with E-state index >= 15 is 0 Å². The van der Waals surface area contributed by atoms with Crippen LogP contribution in [0, 0.1) is 0 Å². The highest BCUT2D eigenvalue weighted by Crippen LogP contribution is 2.34. The molecule has 2 N–H and O–H groups in total. The molecule has 3 saturated heterocycles. The minimum Gasteiger partial charge on any atom is -0.470 e. The Hall–Kier alpha value is -2.32. The molecule has 4 atom stereocenters. The zero-order valence-corrected chi connectivity index (χ0v) is 18.4. The summed E-state index contributed by atoms with van der Waals surface area (Å²) < 4.78 is 17.4. The van der Waals surface area contributed by atoms with Crippen molar-refractivity contribution < 1.29 is 19.3 Å². The van der Waals surface area contributed by atoms with E-state index in [4.69, 9.17) is 30.8 Å². The zero-order chi connectivity index (χ0) is 21.7. The van der Waals surface area contributed by atoms with Gasteiger partial charge in [0.25, 0.3) is 0 Å². The number of hydrogen-bond acceptors (Lipinski definition) is 6. The minimum absolute atomic E-state index is 0.262. The molecule has 5 heterocycles. The Morgan fingerprint density at radius 2 is 1.81 bits per heavy atom. The van der Waals surface area contributed by atoms with E-state index < -0.39 is 6.10 Å². The molecule has 1 unspecified atom stereocenters. The fourth-order valence-electron chi connectivity index (χ4n) is 4.96. The quantitative estimate of drug-likeness (QED) is 0.623. The average Bonchev–Trinajstić information content (AvgIpc) is 3.51. The number of piperidine rings is 1. The highest BCUT2D eigenvalue weighted by Gasteiger charge is 2.48. The molecule has 7 nitrogen and oxygen atoms in total. The smallest absolute Gasteiger partial charge is 0.193 e. The van der Waals surface area contributed by atoms with Gasteiger partial charge in [-0.05, 0) is 37.5 Å². The highest BCUT2D eigenvalue weighted by molar-refractivity contribution is 6.33. The molecule has 2 aromatic heterocycles. The van der Waals surface area contributed by atoms with Crippen molar-refractivity contribution in [3.05, 3.63) is 41.4 Å². The SMILES string of the molecule is O[C@@H]1CO[C@H]2C1OC[C@H]2Oc1cc2nc(-c3ccc(N4CCCCC4)cc3)c(Cl)cc2[nH]1. The van der Waals surface area contributed by atoms with E-state index in [1.165, 1.54) is 24.9 Å². The largest absolute Gasteiger partial charge is 0.470 e. The van der Waals surface area contributed by atoms with Gasteiger partial charge in [-0.3, -0.25) is 0 Å². The summed E-state index contributed by atoms with van der Waals surface area (Å²) in [6.07, 6.45) is 2.37. The first-order valence-corrected chi connectivity index (χ1v) is 11.7. The molecule has 168 valence electrons. The van der Waals surface area contributed by atoms with Gasteiger partial charge in [0.2, 0.25) is 0 Å². The molecular weight excluding hydrogens is 430 g/mol. The van der Waals surface area contributed by atoms with Crippen molar-refractivity contribution in [1.82, 2.24) is 9.97 Å². The molecule has 3 aliphatic heterocycles. The van der Waals surface area contributed by atoms with Crippen LogP contribution in [0.4, 0.5) is 5.69 Å². The van der Waals surface area contributed by atoms with Gasteiger partial charge >= 0.3 is 0 Å². The van der Waals surface area contributed by atoms with Gasteiger partial charge in [-0.2, -0.15) is 0 Å². The summed E-state index contributed by atoms with van der Waals surface area (Å²) in [5, 5.41) is 10.5.